The summed E-state index contributed by atoms with van der Waals surface area (Å²) in [5.74, 6) is 0.461. The lowest BCUT2D eigenvalue weighted by molar-refractivity contribution is 0.570. The van der Waals surface area contributed by atoms with Crippen LogP contribution >= 0.6 is 11.6 Å². The molecule has 13 heavy (non-hydrogen) atoms. The highest BCUT2D eigenvalue weighted by atomic mass is 35.5. The summed E-state index contributed by atoms with van der Waals surface area (Å²) in [6.45, 7) is 1.98. The minimum atomic E-state index is 0.0678. The number of rotatable bonds is 1. The summed E-state index contributed by atoms with van der Waals surface area (Å²) in [7, 11) is 0. The fourth-order valence-electron chi connectivity index (χ4n) is 1.13. The Balaban J connectivity index is 2.52. The van der Waals surface area contributed by atoms with Crippen LogP contribution in [0.1, 0.15) is 5.56 Å². The van der Waals surface area contributed by atoms with Crippen LogP contribution in [0.4, 0.5) is 0 Å². The largest absolute Gasteiger partial charge is 0.407 e. The van der Waals surface area contributed by atoms with Crippen molar-refractivity contribution in [2.24, 2.45) is 0 Å². The first kappa shape index (κ1) is 8.26. The van der Waals surface area contributed by atoms with Crippen molar-refractivity contribution in [3.05, 3.63) is 35.2 Å². The molecule has 2 aromatic rings. The first-order chi connectivity index (χ1) is 6.27. The molecule has 1 aromatic heterocycles. The second kappa shape index (κ2) is 3.18. The monoisotopic (exact) mass is 194 g/mol. The van der Waals surface area contributed by atoms with Gasteiger partial charge in [-0.15, -0.1) is 5.10 Å². The molecule has 1 aromatic carbocycles. The van der Waals surface area contributed by atoms with Gasteiger partial charge in [0.05, 0.1) is 0 Å². The van der Waals surface area contributed by atoms with Crippen molar-refractivity contribution in [2.45, 2.75) is 6.92 Å². The molecule has 3 nitrogen and oxygen atoms in total. The maximum Gasteiger partial charge on any atom is 0.313 e. The molecule has 0 saturated heterocycles. The predicted molar refractivity (Wildman–Crippen MR) is 49.5 cm³/mol. The summed E-state index contributed by atoms with van der Waals surface area (Å²) in [4.78, 5) is 0. The maximum absolute atomic E-state index is 5.52. The van der Waals surface area contributed by atoms with E-state index in [4.69, 9.17) is 16.0 Å². The molecule has 1 heterocycles. The molecule has 0 N–H and O–H groups in total. The van der Waals surface area contributed by atoms with E-state index in [1.54, 1.807) is 0 Å². The molecule has 0 bridgehead atoms. The Kier molecular flexibility index (Phi) is 2.02. The quantitative estimate of drug-likeness (QED) is 0.701. The number of halogens is 1. The van der Waals surface area contributed by atoms with E-state index in [2.05, 4.69) is 10.2 Å². The van der Waals surface area contributed by atoms with Crippen molar-refractivity contribution in [3.63, 3.8) is 0 Å². The van der Waals surface area contributed by atoms with E-state index in [1.807, 2.05) is 31.2 Å². The van der Waals surface area contributed by atoms with Crippen LogP contribution in [0.3, 0.4) is 0 Å². The Morgan fingerprint density at radius 3 is 2.62 bits per heavy atom. The summed E-state index contributed by atoms with van der Waals surface area (Å²) in [6.07, 6.45) is 0. The Morgan fingerprint density at radius 2 is 2.00 bits per heavy atom. The fourth-order valence-corrected chi connectivity index (χ4v) is 1.24. The van der Waals surface area contributed by atoms with E-state index in [0.717, 1.165) is 11.1 Å². The summed E-state index contributed by atoms with van der Waals surface area (Å²) in [5.41, 5.74) is 2.00. The molecule has 0 unspecified atom stereocenters. The zero-order chi connectivity index (χ0) is 9.26. The Hall–Kier alpha value is -1.35. The molecule has 0 amide bonds. The van der Waals surface area contributed by atoms with Crippen molar-refractivity contribution >= 4 is 11.6 Å². The van der Waals surface area contributed by atoms with Gasteiger partial charge in [-0.25, -0.2) is 0 Å². The number of hydrogen-bond donors (Lipinski definition) is 0. The van der Waals surface area contributed by atoms with Crippen LogP contribution in [0, 0.1) is 6.92 Å². The van der Waals surface area contributed by atoms with Gasteiger partial charge in [0.25, 0.3) is 0 Å². The summed E-state index contributed by atoms with van der Waals surface area (Å²) in [6, 6.07) is 7.77. The van der Waals surface area contributed by atoms with Crippen LogP contribution in [0.25, 0.3) is 11.5 Å². The van der Waals surface area contributed by atoms with Gasteiger partial charge in [-0.2, -0.15) is 0 Å². The third-order valence-electron chi connectivity index (χ3n) is 1.78. The zero-order valence-corrected chi connectivity index (χ0v) is 7.75. The average molecular weight is 195 g/mol. The van der Waals surface area contributed by atoms with E-state index in [0.29, 0.717) is 5.89 Å². The fraction of sp³-hybridized carbons (Fsp3) is 0.111. The Labute approximate surface area is 80.4 Å². The number of aromatic nitrogens is 2. The van der Waals surface area contributed by atoms with E-state index in [9.17, 15) is 0 Å². The van der Waals surface area contributed by atoms with Gasteiger partial charge < -0.3 is 4.42 Å². The molecule has 0 aliphatic rings. The highest BCUT2D eigenvalue weighted by Gasteiger charge is 2.07. The predicted octanol–water partition coefficient (Wildman–Crippen LogP) is 2.70. The van der Waals surface area contributed by atoms with E-state index < -0.39 is 0 Å². The number of nitrogens with zero attached hydrogens (tertiary/aromatic N) is 2. The normalized spacial score (nSPS) is 10.3. The van der Waals surface area contributed by atoms with Crippen LogP contribution in [0.2, 0.25) is 5.35 Å². The van der Waals surface area contributed by atoms with E-state index in [-0.39, 0.29) is 5.35 Å². The lowest BCUT2D eigenvalue weighted by Gasteiger charge is -1.97. The minimum absolute atomic E-state index is 0.0678. The molecule has 0 saturated carbocycles. The molecule has 2 rings (SSSR count). The lowest BCUT2D eigenvalue weighted by atomic mass is 10.1. The standard InChI is InChI=1S/C9H7ClN2O/c1-6-4-2-3-5-7(6)8-11-12-9(10)13-8/h2-5H,1H3. The van der Waals surface area contributed by atoms with Crippen molar-refractivity contribution in [2.75, 3.05) is 0 Å². The smallest absolute Gasteiger partial charge is 0.313 e. The molecule has 0 aliphatic heterocycles. The first-order valence-electron chi connectivity index (χ1n) is 3.82. The molecule has 0 fully saturated rings. The molecule has 66 valence electrons. The Bertz CT molecular complexity index is 425. The van der Waals surface area contributed by atoms with Gasteiger partial charge in [-0.1, -0.05) is 23.3 Å². The van der Waals surface area contributed by atoms with Gasteiger partial charge in [0, 0.05) is 5.56 Å². The van der Waals surface area contributed by atoms with Crippen LogP contribution in [-0.2, 0) is 0 Å². The van der Waals surface area contributed by atoms with Crippen molar-refractivity contribution in [1.82, 2.24) is 10.2 Å². The number of hydrogen-bond acceptors (Lipinski definition) is 3. The second-order valence-corrected chi connectivity index (χ2v) is 3.00. The van der Waals surface area contributed by atoms with Crippen LogP contribution in [0.5, 0.6) is 0 Å². The van der Waals surface area contributed by atoms with Crippen LogP contribution in [0.15, 0.2) is 28.7 Å². The number of aryl methyl sites for hydroxylation is 1. The average Bonchev–Trinajstić information content (AvgIpc) is 2.53. The van der Waals surface area contributed by atoms with Gasteiger partial charge in [-0.05, 0) is 30.2 Å². The van der Waals surface area contributed by atoms with Crippen LogP contribution < -0.4 is 0 Å². The summed E-state index contributed by atoms with van der Waals surface area (Å²) in [5, 5.41) is 7.45. The molecule has 0 atom stereocenters. The van der Waals surface area contributed by atoms with Gasteiger partial charge in [0.1, 0.15) is 0 Å². The van der Waals surface area contributed by atoms with Gasteiger partial charge in [0.15, 0.2) is 0 Å². The highest BCUT2D eigenvalue weighted by molar-refractivity contribution is 6.27. The third kappa shape index (κ3) is 1.55. The van der Waals surface area contributed by atoms with Crippen molar-refractivity contribution in [1.29, 1.82) is 0 Å². The summed E-state index contributed by atoms with van der Waals surface area (Å²) < 4.78 is 5.09. The maximum atomic E-state index is 5.52. The Morgan fingerprint density at radius 1 is 1.23 bits per heavy atom. The minimum Gasteiger partial charge on any atom is -0.407 e. The van der Waals surface area contributed by atoms with Gasteiger partial charge >= 0.3 is 5.35 Å². The van der Waals surface area contributed by atoms with E-state index >= 15 is 0 Å². The number of benzene rings is 1. The summed E-state index contributed by atoms with van der Waals surface area (Å²) >= 11 is 5.52. The lowest BCUT2D eigenvalue weighted by Crippen LogP contribution is -1.81. The van der Waals surface area contributed by atoms with Gasteiger partial charge in [0.2, 0.25) is 5.89 Å². The molecular weight excluding hydrogens is 188 g/mol. The van der Waals surface area contributed by atoms with Crippen molar-refractivity contribution < 1.29 is 4.42 Å². The molecule has 0 aliphatic carbocycles. The van der Waals surface area contributed by atoms with Gasteiger partial charge in [-0.3, -0.25) is 0 Å². The molecule has 0 spiro atoms. The van der Waals surface area contributed by atoms with E-state index in [1.165, 1.54) is 0 Å². The zero-order valence-electron chi connectivity index (χ0n) is 6.99. The van der Waals surface area contributed by atoms with Crippen molar-refractivity contribution in [3.8, 4) is 11.5 Å². The van der Waals surface area contributed by atoms with Crippen LogP contribution in [-0.4, -0.2) is 10.2 Å². The molecular formula is C9H7ClN2O. The molecule has 0 radical (unpaired) electrons. The third-order valence-corrected chi connectivity index (χ3v) is 1.93. The SMILES string of the molecule is Cc1ccccc1-c1nnc(Cl)o1. The second-order valence-electron chi connectivity index (χ2n) is 2.68. The topological polar surface area (TPSA) is 38.9 Å². The highest BCUT2D eigenvalue weighted by Crippen LogP contribution is 2.22. The first-order valence-corrected chi connectivity index (χ1v) is 4.20. The molecule has 4 heteroatoms.